The summed E-state index contributed by atoms with van der Waals surface area (Å²) in [6.07, 6.45) is 0. The van der Waals surface area contributed by atoms with Crippen LogP contribution in [0.3, 0.4) is 0 Å². The van der Waals surface area contributed by atoms with Gasteiger partial charge in [0, 0.05) is 25.7 Å². The molecule has 0 aliphatic carbocycles. The Bertz CT molecular complexity index is 979. The van der Waals surface area contributed by atoms with Crippen molar-refractivity contribution in [3.05, 3.63) is 59.2 Å². The second kappa shape index (κ2) is 7.99. The summed E-state index contributed by atoms with van der Waals surface area (Å²) in [5.41, 5.74) is 4.21. The van der Waals surface area contributed by atoms with E-state index >= 15 is 0 Å². The van der Waals surface area contributed by atoms with Crippen molar-refractivity contribution in [3.63, 3.8) is 0 Å². The van der Waals surface area contributed by atoms with Gasteiger partial charge in [0.1, 0.15) is 5.52 Å². The van der Waals surface area contributed by atoms with E-state index in [4.69, 9.17) is 0 Å². The summed E-state index contributed by atoms with van der Waals surface area (Å²) >= 11 is 0. The van der Waals surface area contributed by atoms with Gasteiger partial charge in [0.15, 0.2) is 0 Å². The van der Waals surface area contributed by atoms with Crippen molar-refractivity contribution in [3.8, 4) is 0 Å². The van der Waals surface area contributed by atoms with Gasteiger partial charge in [-0.05, 0) is 37.6 Å². The van der Waals surface area contributed by atoms with E-state index in [2.05, 4.69) is 15.6 Å². The maximum Gasteiger partial charge on any atom is 0.254 e. The second-order valence-corrected chi connectivity index (χ2v) is 6.54. The maximum absolute atomic E-state index is 12.6. The van der Waals surface area contributed by atoms with Gasteiger partial charge in [0.05, 0.1) is 12.1 Å². The van der Waals surface area contributed by atoms with Gasteiger partial charge in [-0.15, -0.1) is 5.10 Å². The standard InChI is InChI=1S/C20H23N5O2/c1-4-25-18-9-8-16(11-17(18)22-23-25)20(27)24(3)13-19(26)21-12-15-7-5-6-14(2)10-15/h5-11H,4,12-13H2,1-3H3,(H,21,26). The van der Waals surface area contributed by atoms with E-state index in [1.54, 1.807) is 23.9 Å². The molecule has 3 rings (SSSR count). The Morgan fingerprint density at radius 1 is 1.19 bits per heavy atom. The number of hydrogen-bond acceptors (Lipinski definition) is 4. The Labute approximate surface area is 158 Å². The quantitative estimate of drug-likeness (QED) is 0.726. The number of fused-ring (bicyclic) bond motifs is 1. The lowest BCUT2D eigenvalue weighted by Crippen LogP contribution is -2.38. The van der Waals surface area contributed by atoms with Crippen molar-refractivity contribution < 1.29 is 9.59 Å². The lowest BCUT2D eigenvalue weighted by molar-refractivity contribution is -0.121. The summed E-state index contributed by atoms with van der Waals surface area (Å²) in [5.74, 6) is -0.431. The van der Waals surface area contributed by atoms with Gasteiger partial charge in [0.2, 0.25) is 5.91 Å². The number of nitrogens with one attached hydrogen (secondary N) is 1. The van der Waals surface area contributed by atoms with Crippen LogP contribution < -0.4 is 5.32 Å². The summed E-state index contributed by atoms with van der Waals surface area (Å²) < 4.78 is 1.77. The molecule has 140 valence electrons. The molecule has 1 N–H and O–H groups in total. The van der Waals surface area contributed by atoms with Crippen LogP contribution in [0.4, 0.5) is 0 Å². The van der Waals surface area contributed by atoms with Crippen molar-refractivity contribution in [1.82, 2.24) is 25.2 Å². The SMILES string of the molecule is CCn1nnc2cc(C(=O)N(C)CC(=O)NCc3cccc(C)c3)ccc21. The number of benzene rings is 2. The predicted octanol–water partition coefficient (Wildman–Crippen LogP) is 2.15. The highest BCUT2D eigenvalue weighted by Crippen LogP contribution is 2.14. The highest BCUT2D eigenvalue weighted by molar-refractivity contribution is 5.98. The Hall–Kier alpha value is -3.22. The van der Waals surface area contributed by atoms with Crippen molar-refractivity contribution in [2.45, 2.75) is 26.9 Å². The van der Waals surface area contributed by atoms with E-state index in [9.17, 15) is 9.59 Å². The first-order valence-corrected chi connectivity index (χ1v) is 8.89. The molecule has 0 spiro atoms. The Balaban J connectivity index is 1.60. The van der Waals surface area contributed by atoms with E-state index in [1.165, 1.54) is 4.90 Å². The summed E-state index contributed by atoms with van der Waals surface area (Å²) in [4.78, 5) is 26.2. The average molecular weight is 365 g/mol. The molecule has 0 fully saturated rings. The molecule has 0 saturated carbocycles. The molecule has 0 atom stereocenters. The minimum Gasteiger partial charge on any atom is -0.350 e. The average Bonchev–Trinajstić information content (AvgIpc) is 3.08. The molecule has 7 nitrogen and oxygen atoms in total. The van der Waals surface area contributed by atoms with Gasteiger partial charge in [0.25, 0.3) is 5.91 Å². The molecule has 0 saturated heterocycles. The zero-order valence-electron chi connectivity index (χ0n) is 15.8. The lowest BCUT2D eigenvalue weighted by Gasteiger charge is -2.17. The van der Waals surface area contributed by atoms with Crippen LogP contribution in [0.1, 0.15) is 28.4 Å². The van der Waals surface area contributed by atoms with E-state index in [0.717, 1.165) is 16.6 Å². The van der Waals surface area contributed by atoms with E-state index < -0.39 is 0 Å². The molecule has 0 bridgehead atoms. The van der Waals surface area contributed by atoms with Gasteiger partial charge in [-0.25, -0.2) is 4.68 Å². The van der Waals surface area contributed by atoms with Crippen molar-refractivity contribution in [2.75, 3.05) is 13.6 Å². The molecule has 27 heavy (non-hydrogen) atoms. The van der Waals surface area contributed by atoms with Gasteiger partial charge in [-0.1, -0.05) is 35.0 Å². The zero-order chi connectivity index (χ0) is 19.4. The maximum atomic E-state index is 12.6. The molecule has 1 heterocycles. The summed E-state index contributed by atoms with van der Waals surface area (Å²) in [6.45, 7) is 5.13. The summed E-state index contributed by atoms with van der Waals surface area (Å²) in [6, 6.07) is 13.2. The fourth-order valence-electron chi connectivity index (χ4n) is 2.93. The second-order valence-electron chi connectivity index (χ2n) is 6.54. The normalized spacial score (nSPS) is 10.8. The number of carbonyl (C=O) groups is 2. The van der Waals surface area contributed by atoms with Crippen LogP contribution in [0.5, 0.6) is 0 Å². The van der Waals surface area contributed by atoms with Crippen molar-refractivity contribution in [1.29, 1.82) is 0 Å². The van der Waals surface area contributed by atoms with Crippen molar-refractivity contribution >= 4 is 22.8 Å². The first-order valence-electron chi connectivity index (χ1n) is 8.89. The minimum absolute atomic E-state index is 0.00959. The number of amides is 2. The van der Waals surface area contributed by atoms with Crippen LogP contribution in [0.15, 0.2) is 42.5 Å². The van der Waals surface area contributed by atoms with Crippen LogP contribution in [0.2, 0.25) is 0 Å². The van der Waals surface area contributed by atoms with Crippen LogP contribution >= 0.6 is 0 Å². The summed E-state index contributed by atoms with van der Waals surface area (Å²) in [7, 11) is 1.61. The number of carbonyl (C=O) groups excluding carboxylic acids is 2. The molecular weight excluding hydrogens is 342 g/mol. The Morgan fingerprint density at radius 3 is 2.74 bits per heavy atom. The van der Waals surface area contributed by atoms with Crippen LogP contribution in [-0.2, 0) is 17.9 Å². The molecule has 0 unspecified atom stereocenters. The first-order chi connectivity index (χ1) is 13.0. The topological polar surface area (TPSA) is 80.1 Å². The number of rotatable bonds is 6. The van der Waals surface area contributed by atoms with Crippen LogP contribution in [0, 0.1) is 6.92 Å². The van der Waals surface area contributed by atoms with Gasteiger partial charge < -0.3 is 10.2 Å². The van der Waals surface area contributed by atoms with E-state index in [1.807, 2.05) is 44.2 Å². The molecule has 0 aliphatic heterocycles. The van der Waals surface area contributed by atoms with Crippen molar-refractivity contribution in [2.24, 2.45) is 0 Å². The molecule has 2 aromatic carbocycles. The number of aryl methyl sites for hydroxylation is 2. The molecule has 3 aromatic rings. The monoisotopic (exact) mass is 365 g/mol. The fourth-order valence-corrected chi connectivity index (χ4v) is 2.93. The zero-order valence-corrected chi connectivity index (χ0v) is 15.8. The van der Waals surface area contributed by atoms with Gasteiger partial charge in [-0.2, -0.15) is 0 Å². The third-order valence-electron chi connectivity index (χ3n) is 4.36. The molecular formula is C20H23N5O2. The molecule has 2 amide bonds. The van der Waals surface area contributed by atoms with Gasteiger partial charge >= 0.3 is 0 Å². The van der Waals surface area contributed by atoms with Crippen LogP contribution in [-0.4, -0.2) is 45.3 Å². The number of likely N-dealkylation sites (N-methyl/N-ethyl adjacent to an activating group) is 1. The molecule has 0 radical (unpaired) electrons. The third kappa shape index (κ3) is 4.31. The highest BCUT2D eigenvalue weighted by Gasteiger charge is 2.16. The largest absolute Gasteiger partial charge is 0.350 e. The van der Waals surface area contributed by atoms with E-state index in [-0.39, 0.29) is 18.4 Å². The minimum atomic E-state index is -0.228. The first kappa shape index (κ1) is 18.6. The predicted molar refractivity (Wildman–Crippen MR) is 103 cm³/mol. The molecule has 7 heteroatoms. The fraction of sp³-hybridized carbons (Fsp3) is 0.300. The lowest BCUT2D eigenvalue weighted by atomic mass is 10.1. The number of nitrogens with zero attached hydrogens (tertiary/aromatic N) is 4. The number of hydrogen-bond donors (Lipinski definition) is 1. The highest BCUT2D eigenvalue weighted by atomic mass is 16.2. The van der Waals surface area contributed by atoms with Gasteiger partial charge in [-0.3, -0.25) is 9.59 Å². The van der Waals surface area contributed by atoms with E-state index in [0.29, 0.717) is 24.2 Å². The van der Waals surface area contributed by atoms with Crippen LogP contribution in [0.25, 0.3) is 11.0 Å². The Kier molecular flexibility index (Phi) is 5.49. The summed E-state index contributed by atoms with van der Waals surface area (Å²) in [5, 5.41) is 11.0. The molecule has 0 aliphatic rings. The smallest absolute Gasteiger partial charge is 0.254 e. The number of aromatic nitrogens is 3. The third-order valence-corrected chi connectivity index (χ3v) is 4.36. The molecule has 1 aromatic heterocycles. The Morgan fingerprint density at radius 2 is 2.00 bits per heavy atom.